The van der Waals surface area contributed by atoms with E-state index in [0.29, 0.717) is 11.4 Å². The summed E-state index contributed by atoms with van der Waals surface area (Å²) in [4.78, 5) is 23.8. The molecule has 0 fully saturated rings. The molecule has 1 aromatic heterocycles. The lowest BCUT2D eigenvalue weighted by molar-refractivity contribution is 0.102. The number of nitrogens with zero attached hydrogens (tertiary/aromatic N) is 1. The number of benzene rings is 1. The molecule has 1 N–H and O–H groups in total. The normalized spacial score (nSPS) is 11.5. The van der Waals surface area contributed by atoms with Crippen molar-refractivity contribution < 1.29 is 9.32 Å². The van der Waals surface area contributed by atoms with Crippen molar-refractivity contribution in [2.75, 3.05) is 5.32 Å². The summed E-state index contributed by atoms with van der Waals surface area (Å²) in [6.07, 6.45) is 0. The van der Waals surface area contributed by atoms with Crippen LogP contribution >= 0.6 is 0 Å². The molecular weight excluding hydrogens is 268 g/mol. The zero-order chi connectivity index (χ0) is 15.8. The van der Waals surface area contributed by atoms with Gasteiger partial charge < -0.3 is 9.84 Å². The molecule has 0 radical (unpaired) electrons. The van der Waals surface area contributed by atoms with Crippen LogP contribution in [0.1, 0.15) is 42.4 Å². The minimum atomic E-state index is -0.626. The molecule has 112 valence electrons. The number of carbonyl (C=O) groups is 1. The Hall–Kier alpha value is -2.30. The number of rotatable bonds is 2. The fourth-order valence-corrected chi connectivity index (χ4v) is 2.05. The van der Waals surface area contributed by atoms with Crippen molar-refractivity contribution >= 4 is 11.6 Å². The fraction of sp³-hybridized carbons (Fsp3) is 0.375. The van der Waals surface area contributed by atoms with Gasteiger partial charge in [0.2, 0.25) is 0 Å². The van der Waals surface area contributed by atoms with Gasteiger partial charge >= 0.3 is 5.63 Å². The summed E-state index contributed by atoms with van der Waals surface area (Å²) >= 11 is 0. The third kappa shape index (κ3) is 3.07. The maximum Gasteiger partial charge on any atom is 0.370 e. The first-order valence-electron chi connectivity index (χ1n) is 6.79. The van der Waals surface area contributed by atoms with Crippen molar-refractivity contribution in [1.82, 2.24) is 4.74 Å². The highest BCUT2D eigenvalue weighted by atomic mass is 16.5. The second-order valence-corrected chi connectivity index (χ2v) is 6.12. The predicted octanol–water partition coefficient (Wildman–Crippen LogP) is 2.84. The van der Waals surface area contributed by atoms with Crippen LogP contribution in [0.4, 0.5) is 5.69 Å². The van der Waals surface area contributed by atoms with Crippen LogP contribution in [0.25, 0.3) is 0 Å². The van der Waals surface area contributed by atoms with Gasteiger partial charge in [0.05, 0.1) is 5.69 Å². The van der Waals surface area contributed by atoms with Crippen molar-refractivity contribution in [3.05, 3.63) is 51.5 Å². The van der Waals surface area contributed by atoms with Crippen molar-refractivity contribution in [3.63, 3.8) is 0 Å². The Morgan fingerprint density at radius 3 is 2.19 bits per heavy atom. The van der Waals surface area contributed by atoms with E-state index in [9.17, 15) is 9.59 Å². The molecule has 1 amide bonds. The molecule has 0 aliphatic heterocycles. The van der Waals surface area contributed by atoms with Crippen molar-refractivity contribution in [2.24, 2.45) is 7.05 Å². The fourth-order valence-electron chi connectivity index (χ4n) is 2.05. The van der Waals surface area contributed by atoms with E-state index in [0.717, 1.165) is 0 Å². The summed E-state index contributed by atoms with van der Waals surface area (Å²) < 4.78 is 6.16. The Bertz CT molecular complexity index is 715. The molecule has 0 saturated heterocycles. The Morgan fingerprint density at radius 1 is 1.19 bits per heavy atom. The largest absolute Gasteiger partial charge is 0.370 e. The van der Waals surface area contributed by atoms with Gasteiger partial charge in [0.1, 0.15) is 5.56 Å². The van der Waals surface area contributed by atoms with E-state index in [1.54, 1.807) is 14.0 Å². The third-order valence-corrected chi connectivity index (χ3v) is 3.49. The minimum Gasteiger partial charge on any atom is -0.336 e. The highest BCUT2D eigenvalue weighted by Gasteiger charge is 2.20. The number of hydrogen-bond acceptors (Lipinski definition) is 3. The van der Waals surface area contributed by atoms with Crippen LogP contribution in [-0.4, -0.2) is 10.6 Å². The van der Waals surface area contributed by atoms with Crippen LogP contribution in [0.15, 0.2) is 33.6 Å². The molecule has 2 rings (SSSR count). The summed E-state index contributed by atoms with van der Waals surface area (Å²) in [5, 5.41) is 2.72. The third-order valence-electron chi connectivity index (χ3n) is 3.49. The number of amides is 1. The lowest BCUT2D eigenvalue weighted by Crippen LogP contribution is -2.19. The molecule has 5 heteroatoms. The van der Waals surface area contributed by atoms with E-state index in [4.69, 9.17) is 4.52 Å². The molecule has 2 aromatic rings. The number of carbonyl (C=O) groups excluding carboxylic acids is 1. The average molecular weight is 288 g/mol. The molecule has 0 aliphatic rings. The predicted molar refractivity (Wildman–Crippen MR) is 81.8 cm³/mol. The van der Waals surface area contributed by atoms with Crippen LogP contribution in [0.3, 0.4) is 0 Å². The van der Waals surface area contributed by atoms with Crippen LogP contribution in [0, 0.1) is 6.92 Å². The molecule has 0 aliphatic carbocycles. The standard InChI is InChI=1S/C16H20N2O3/c1-10-13(15(20)21-18(10)5)14(19)17-12-8-6-11(7-9-12)16(2,3)4/h6-9H,1-5H3,(H,17,19). The number of aromatic nitrogens is 1. The van der Waals surface area contributed by atoms with E-state index in [1.807, 2.05) is 24.3 Å². The first-order valence-corrected chi connectivity index (χ1v) is 6.79. The molecule has 0 unspecified atom stereocenters. The number of aryl methyl sites for hydroxylation is 1. The molecule has 0 bridgehead atoms. The highest BCUT2D eigenvalue weighted by Crippen LogP contribution is 2.23. The van der Waals surface area contributed by atoms with Crippen LogP contribution in [0.5, 0.6) is 0 Å². The minimum absolute atomic E-state index is 0.0393. The Morgan fingerprint density at radius 2 is 1.76 bits per heavy atom. The van der Waals surface area contributed by atoms with E-state index in [-0.39, 0.29) is 11.0 Å². The maximum atomic E-state index is 12.2. The highest BCUT2D eigenvalue weighted by molar-refractivity contribution is 6.04. The van der Waals surface area contributed by atoms with Crippen LogP contribution in [-0.2, 0) is 12.5 Å². The molecule has 5 nitrogen and oxygen atoms in total. The van der Waals surface area contributed by atoms with Crippen LogP contribution < -0.4 is 10.9 Å². The number of hydrogen-bond donors (Lipinski definition) is 1. The van der Waals surface area contributed by atoms with E-state index >= 15 is 0 Å². The second-order valence-electron chi connectivity index (χ2n) is 6.12. The molecule has 0 spiro atoms. The lowest BCUT2D eigenvalue weighted by atomic mass is 9.87. The first kappa shape index (κ1) is 15.1. The summed E-state index contributed by atoms with van der Waals surface area (Å²) in [5.74, 6) is -0.453. The van der Waals surface area contributed by atoms with Gasteiger partial charge in [0, 0.05) is 12.7 Å². The van der Waals surface area contributed by atoms with Gasteiger partial charge in [0.15, 0.2) is 0 Å². The van der Waals surface area contributed by atoms with Crippen molar-refractivity contribution in [1.29, 1.82) is 0 Å². The second kappa shape index (κ2) is 5.24. The van der Waals surface area contributed by atoms with Crippen molar-refractivity contribution in [3.8, 4) is 0 Å². The molecule has 1 aromatic carbocycles. The summed E-state index contributed by atoms with van der Waals surface area (Å²) in [5.41, 5.74) is 1.80. The zero-order valence-electron chi connectivity index (χ0n) is 13.0. The van der Waals surface area contributed by atoms with E-state index in [1.165, 1.54) is 10.3 Å². The SMILES string of the molecule is Cc1c(C(=O)Nc2ccc(C(C)(C)C)cc2)c(=O)on1C. The molecule has 21 heavy (non-hydrogen) atoms. The summed E-state index contributed by atoms with van der Waals surface area (Å²) in [7, 11) is 1.59. The van der Waals surface area contributed by atoms with E-state index in [2.05, 4.69) is 26.1 Å². The number of anilines is 1. The van der Waals surface area contributed by atoms with Crippen LogP contribution in [0.2, 0.25) is 0 Å². The first-order chi connectivity index (χ1) is 9.70. The van der Waals surface area contributed by atoms with Gasteiger partial charge in [-0.1, -0.05) is 32.9 Å². The Balaban J connectivity index is 2.22. The van der Waals surface area contributed by atoms with Gasteiger partial charge in [-0.3, -0.25) is 4.79 Å². The summed E-state index contributed by atoms with van der Waals surface area (Å²) in [6.45, 7) is 8.04. The quantitative estimate of drug-likeness (QED) is 0.924. The Labute approximate surface area is 123 Å². The molecule has 0 saturated carbocycles. The average Bonchev–Trinajstić information content (AvgIpc) is 2.62. The topological polar surface area (TPSA) is 64.2 Å². The monoisotopic (exact) mass is 288 g/mol. The summed E-state index contributed by atoms with van der Waals surface area (Å²) in [6, 6.07) is 7.60. The van der Waals surface area contributed by atoms with Gasteiger partial charge in [-0.25, -0.2) is 9.53 Å². The van der Waals surface area contributed by atoms with E-state index < -0.39 is 11.5 Å². The molecular formula is C16H20N2O3. The number of nitrogens with one attached hydrogen (secondary N) is 1. The molecule has 0 atom stereocenters. The van der Waals surface area contributed by atoms with Gasteiger partial charge in [-0.2, -0.15) is 0 Å². The van der Waals surface area contributed by atoms with Gasteiger partial charge in [0.25, 0.3) is 5.91 Å². The zero-order valence-corrected chi connectivity index (χ0v) is 13.0. The Kier molecular flexibility index (Phi) is 3.77. The smallest absolute Gasteiger partial charge is 0.336 e. The molecule has 1 heterocycles. The van der Waals surface area contributed by atoms with Gasteiger partial charge in [-0.15, -0.1) is 0 Å². The maximum absolute atomic E-state index is 12.2. The lowest BCUT2D eigenvalue weighted by Gasteiger charge is -2.19. The van der Waals surface area contributed by atoms with Gasteiger partial charge in [-0.05, 0) is 30.0 Å². The van der Waals surface area contributed by atoms with Crippen molar-refractivity contribution in [2.45, 2.75) is 33.1 Å².